The van der Waals surface area contributed by atoms with Crippen molar-refractivity contribution in [3.8, 4) is 0 Å². The Morgan fingerprint density at radius 3 is 2.80 bits per heavy atom. The minimum atomic E-state index is -0.726. The highest BCUT2D eigenvalue weighted by Gasteiger charge is 2.33. The van der Waals surface area contributed by atoms with E-state index in [0.29, 0.717) is 0 Å². The average molecular weight is 294 g/mol. The molecule has 1 saturated carbocycles. The van der Waals surface area contributed by atoms with Crippen molar-refractivity contribution >= 4 is 22.4 Å². The van der Waals surface area contributed by atoms with Crippen LogP contribution in [-0.4, -0.2) is 29.7 Å². The molecule has 2 aliphatic rings. The Morgan fingerprint density at radius 1 is 1.35 bits per heavy atom. The number of carbonyl (C=O) groups is 1. The van der Waals surface area contributed by atoms with Gasteiger partial charge in [-0.15, -0.1) is 11.3 Å². The van der Waals surface area contributed by atoms with Crippen molar-refractivity contribution in [2.45, 2.75) is 50.9 Å². The normalized spacial score (nSPS) is 22.8. The standard InChI is InChI=1S/C15H22N2O2S/c1-17(9-10-5-3-2-4-6-10)15-16-13-11(14(18)19)7-8-12(13)20-15/h10-11H,2-9H2,1H3,(H,18,19). The van der Waals surface area contributed by atoms with Crippen molar-refractivity contribution in [1.82, 2.24) is 4.98 Å². The number of hydrogen-bond donors (Lipinski definition) is 1. The van der Waals surface area contributed by atoms with E-state index in [1.807, 2.05) is 0 Å². The Balaban J connectivity index is 1.68. The SMILES string of the molecule is CN(CC1CCCCC1)c1nc2c(s1)CCC2C(=O)O. The molecule has 110 valence electrons. The zero-order valence-corrected chi connectivity index (χ0v) is 12.8. The number of rotatable bonds is 4. The summed E-state index contributed by atoms with van der Waals surface area (Å²) >= 11 is 1.69. The van der Waals surface area contributed by atoms with Crippen LogP contribution >= 0.6 is 11.3 Å². The summed E-state index contributed by atoms with van der Waals surface area (Å²) in [5.74, 6) is -0.323. The lowest BCUT2D eigenvalue weighted by atomic mass is 9.89. The summed E-state index contributed by atoms with van der Waals surface area (Å²) in [6, 6.07) is 0. The van der Waals surface area contributed by atoms with Crippen molar-refractivity contribution in [2.24, 2.45) is 5.92 Å². The Labute approximate surface area is 123 Å². The number of carboxylic acid groups (broad SMARTS) is 1. The van der Waals surface area contributed by atoms with Crippen LogP contribution < -0.4 is 4.90 Å². The number of aromatic nitrogens is 1. The maximum absolute atomic E-state index is 11.2. The molecule has 1 unspecified atom stereocenters. The largest absolute Gasteiger partial charge is 0.481 e. The smallest absolute Gasteiger partial charge is 0.312 e. The van der Waals surface area contributed by atoms with E-state index >= 15 is 0 Å². The molecule has 3 rings (SSSR count). The molecule has 0 amide bonds. The third-order valence-corrected chi connectivity index (χ3v) is 5.83. The number of nitrogens with zero attached hydrogens (tertiary/aromatic N) is 2. The fraction of sp³-hybridized carbons (Fsp3) is 0.733. The minimum Gasteiger partial charge on any atom is -0.481 e. The van der Waals surface area contributed by atoms with Crippen LogP contribution in [0.5, 0.6) is 0 Å². The maximum Gasteiger partial charge on any atom is 0.312 e. The Kier molecular flexibility index (Phi) is 3.96. The molecule has 1 aromatic heterocycles. The van der Waals surface area contributed by atoms with Crippen LogP contribution in [-0.2, 0) is 11.2 Å². The zero-order valence-electron chi connectivity index (χ0n) is 12.0. The number of carboxylic acids is 1. The highest BCUT2D eigenvalue weighted by Crippen LogP contribution is 2.39. The molecule has 0 saturated heterocycles. The topological polar surface area (TPSA) is 53.4 Å². The third-order valence-electron chi connectivity index (χ3n) is 4.59. The summed E-state index contributed by atoms with van der Waals surface area (Å²) in [5.41, 5.74) is 0.827. The summed E-state index contributed by atoms with van der Waals surface area (Å²) in [6.07, 6.45) is 8.34. The molecule has 1 atom stereocenters. The highest BCUT2D eigenvalue weighted by atomic mass is 32.1. The van der Waals surface area contributed by atoms with E-state index in [1.54, 1.807) is 11.3 Å². The van der Waals surface area contributed by atoms with E-state index in [1.165, 1.54) is 37.0 Å². The van der Waals surface area contributed by atoms with Crippen LogP contribution in [0.1, 0.15) is 55.0 Å². The van der Waals surface area contributed by atoms with Gasteiger partial charge in [-0.05, 0) is 31.6 Å². The summed E-state index contributed by atoms with van der Waals surface area (Å²) < 4.78 is 0. The van der Waals surface area contributed by atoms with E-state index in [-0.39, 0.29) is 5.92 Å². The number of fused-ring (bicyclic) bond motifs is 1. The lowest BCUT2D eigenvalue weighted by Gasteiger charge is -2.26. The number of aliphatic carboxylic acids is 1. The number of hydrogen-bond acceptors (Lipinski definition) is 4. The van der Waals surface area contributed by atoms with E-state index in [0.717, 1.165) is 36.1 Å². The summed E-state index contributed by atoms with van der Waals surface area (Å²) in [6.45, 7) is 1.06. The third kappa shape index (κ3) is 2.68. The van der Waals surface area contributed by atoms with Gasteiger partial charge in [-0.1, -0.05) is 19.3 Å². The van der Waals surface area contributed by atoms with Gasteiger partial charge in [-0.3, -0.25) is 4.79 Å². The van der Waals surface area contributed by atoms with Gasteiger partial charge in [-0.2, -0.15) is 0 Å². The number of thiazole rings is 1. The Hall–Kier alpha value is -1.10. The Morgan fingerprint density at radius 2 is 2.10 bits per heavy atom. The van der Waals surface area contributed by atoms with Gasteiger partial charge in [0.2, 0.25) is 0 Å². The van der Waals surface area contributed by atoms with Crippen molar-refractivity contribution in [3.63, 3.8) is 0 Å². The monoisotopic (exact) mass is 294 g/mol. The van der Waals surface area contributed by atoms with Crippen LogP contribution in [0, 0.1) is 5.92 Å². The second-order valence-electron chi connectivity index (χ2n) is 6.12. The molecule has 1 N–H and O–H groups in total. The van der Waals surface area contributed by atoms with E-state index in [9.17, 15) is 9.90 Å². The van der Waals surface area contributed by atoms with Crippen LogP contribution in [0.2, 0.25) is 0 Å². The van der Waals surface area contributed by atoms with Gasteiger partial charge >= 0.3 is 5.97 Å². The molecule has 1 heterocycles. The molecule has 1 aromatic rings. The second kappa shape index (κ2) is 5.72. The van der Waals surface area contributed by atoms with Crippen molar-refractivity contribution in [1.29, 1.82) is 0 Å². The summed E-state index contributed by atoms with van der Waals surface area (Å²) in [5, 5.41) is 10.2. The van der Waals surface area contributed by atoms with E-state index < -0.39 is 5.97 Å². The first-order valence-electron chi connectivity index (χ1n) is 7.58. The van der Waals surface area contributed by atoms with Gasteiger partial charge in [0.25, 0.3) is 0 Å². The van der Waals surface area contributed by atoms with Gasteiger partial charge in [0.05, 0.1) is 5.69 Å². The van der Waals surface area contributed by atoms with Crippen LogP contribution in [0.3, 0.4) is 0 Å². The van der Waals surface area contributed by atoms with Gasteiger partial charge in [-0.25, -0.2) is 4.98 Å². The number of aryl methyl sites for hydroxylation is 1. The first-order chi connectivity index (χ1) is 9.65. The van der Waals surface area contributed by atoms with E-state index in [4.69, 9.17) is 0 Å². The predicted octanol–water partition coefficient (Wildman–Crippen LogP) is 3.27. The molecule has 20 heavy (non-hydrogen) atoms. The molecule has 5 heteroatoms. The van der Waals surface area contributed by atoms with Crippen molar-refractivity contribution in [3.05, 3.63) is 10.6 Å². The van der Waals surface area contributed by atoms with Crippen LogP contribution in [0.25, 0.3) is 0 Å². The lowest BCUT2D eigenvalue weighted by Crippen LogP contribution is -2.26. The average Bonchev–Trinajstić information content (AvgIpc) is 2.98. The molecule has 2 aliphatic carbocycles. The summed E-state index contributed by atoms with van der Waals surface area (Å²) in [7, 11) is 2.10. The van der Waals surface area contributed by atoms with Gasteiger partial charge in [0.15, 0.2) is 5.13 Å². The molecule has 4 nitrogen and oxygen atoms in total. The van der Waals surface area contributed by atoms with Gasteiger partial charge < -0.3 is 10.0 Å². The fourth-order valence-corrected chi connectivity index (χ4v) is 4.56. The van der Waals surface area contributed by atoms with Gasteiger partial charge in [0, 0.05) is 18.5 Å². The fourth-order valence-electron chi connectivity index (χ4n) is 3.45. The van der Waals surface area contributed by atoms with E-state index in [2.05, 4.69) is 16.9 Å². The molecule has 0 aromatic carbocycles. The molecular formula is C15H22N2O2S. The predicted molar refractivity (Wildman–Crippen MR) is 80.7 cm³/mol. The highest BCUT2D eigenvalue weighted by molar-refractivity contribution is 7.15. The first kappa shape index (κ1) is 13.9. The summed E-state index contributed by atoms with van der Waals surface area (Å²) in [4.78, 5) is 19.3. The molecule has 0 spiro atoms. The molecular weight excluding hydrogens is 272 g/mol. The Bertz CT molecular complexity index is 494. The minimum absolute atomic E-state index is 0.377. The molecule has 0 radical (unpaired) electrons. The quantitative estimate of drug-likeness (QED) is 0.926. The molecule has 0 bridgehead atoms. The van der Waals surface area contributed by atoms with Crippen LogP contribution in [0.15, 0.2) is 0 Å². The number of anilines is 1. The second-order valence-corrected chi connectivity index (χ2v) is 7.18. The van der Waals surface area contributed by atoms with Crippen molar-refractivity contribution < 1.29 is 9.90 Å². The van der Waals surface area contributed by atoms with Crippen molar-refractivity contribution in [2.75, 3.05) is 18.5 Å². The maximum atomic E-state index is 11.2. The zero-order chi connectivity index (χ0) is 14.1. The molecule has 0 aliphatic heterocycles. The van der Waals surface area contributed by atoms with Gasteiger partial charge in [0.1, 0.15) is 5.92 Å². The lowest BCUT2D eigenvalue weighted by molar-refractivity contribution is -0.138. The first-order valence-corrected chi connectivity index (χ1v) is 8.40. The van der Waals surface area contributed by atoms with Crippen LogP contribution in [0.4, 0.5) is 5.13 Å². The molecule has 1 fully saturated rings.